The maximum atomic E-state index is 13.7. The molecule has 1 heterocycles. The highest BCUT2D eigenvalue weighted by Gasteiger charge is 2.20. The van der Waals surface area contributed by atoms with Gasteiger partial charge in [-0.25, -0.2) is 14.0 Å². The van der Waals surface area contributed by atoms with Crippen LogP contribution < -0.4 is 5.32 Å². The maximum Gasteiger partial charge on any atom is 0.407 e. The molecule has 24 heavy (non-hydrogen) atoms. The number of benzene rings is 1. The monoisotopic (exact) mass is 337 g/mol. The van der Waals surface area contributed by atoms with Crippen LogP contribution in [0.2, 0.25) is 0 Å². The molecule has 2 N–H and O–H groups in total. The van der Waals surface area contributed by atoms with Crippen LogP contribution in [0.25, 0.3) is 11.0 Å². The van der Waals surface area contributed by atoms with Crippen LogP contribution in [-0.4, -0.2) is 28.8 Å². The first-order valence-electron chi connectivity index (χ1n) is 7.50. The average Bonchev–Trinajstić information content (AvgIpc) is 2.79. The molecule has 0 bridgehead atoms. The van der Waals surface area contributed by atoms with Gasteiger partial charge in [-0.05, 0) is 52.3 Å². The zero-order valence-corrected chi connectivity index (χ0v) is 14.0. The van der Waals surface area contributed by atoms with E-state index in [1.807, 2.05) is 0 Å². The fourth-order valence-electron chi connectivity index (χ4n) is 2.33. The third-order valence-electron chi connectivity index (χ3n) is 3.16. The van der Waals surface area contributed by atoms with Crippen molar-refractivity contribution in [1.82, 2.24) is 5.32 Å². The number of nitrogens with one attached hydrogen (secondary N) is 1. The van der Waals surface area contributed by atoms with E-state index in [1.54, 1.807) is 27.7 Å². The van der Waals surface area contributed by atoms with Crippen molar-refractivity contribution >= 4 is 23.0 Å². The van der Waals surface area contributed by atoms with E-state index in [-0.39, 0.29) is 18.2 Å². The summed E-state index contributed by atoms with van der Waals surface area (Å²) in [5.74, 6) is -1.98. The molecule has 1 aromatic carbocycles. The lowest BCUT2D eigenvalue weighted by Gasteiger charge is -2.22. The molecule has 0 saturated heterocycles. The summed E-state index contributed by atoms with van der Waals surface area (Å²) in [5, 5.41) is 12.0. The number of carboxylic acid groups (broad SMARTS) is 1. The number of carbonyl (C=O) groups excluding carboxylic acids is 1. The second-order valence-electron chi connectivity index (χ2n) is 6.65. The number of furan rings is 1. The normalized spacial score (nSPS) is 12.9. The van der Waals surface area contributed by atoms with Crippen LogP contribution in [0.4, 0.5) is 9.18 Å². The fraction of sp³-hybridized carbons (Fsp3) is 0.412. The summed E-state index contributed by atoms with van der Waals surface area (Å²) in [6, 6.07) is 3.39. The number of aromatic carboxylic acids is 1. The lowest BCUT2D eigenvalue weighted by molar-refractivity contribution is 0.0508. The molecular weight excluding hydrogens is 317 g/mol. The topological polar surface area (TPSA) is 88.8 Å². The van der Waals surface area contributed by atoms with E-state index in [1.165, 1.54) is 18.2 Å². The van der Waals surface area contributed by atoms with E-state index in [0.29, 0.717) is 16.5 Å². The number of hydrogen-bond acceptors (Lipinski definition) is 4. The lowest BCUT2D eigenvalue weighted by atomic mass is 10.0. The van der Waals surface area contributed by atoms with Gasteiger partial charge in [-0.1, -0.05) is 0 Å². The van der Waals surface area contributed by atoms with Crippen LogP contribution in [-0.2, 0) is 11.2 Å². The Morgan fingerprint density at radius 3 is 2.58 bits per heavy atom. The van der Waals surface area contributed by atoms with Crippen LogP contribution >= 0.6 is 0 Å². The predicted molar refractivity (Wildman–Crippen MR) is 85.7 cm³/mol. The fourth-order valence-corrected chi connectivity index (χ4v) is 2.33. The third kappa shape index (κ3) is 4.47. The molecule has 0 spiro atoms. The Balaban J connectivity index is 2.19. The van der Waals surface area contributed by atoms with Crippen molar-refractivity contribution in [2.45, 2.75) is 45.8 Å². The first-order chi connectivity index (χ1) is 11.0. The predicted octanol–water partition coefficient (Wildman–Crippen LogP) is 3.73. The Kier molecular flexibility index (Phi) is 4.82. The van der Waals surface area contributed by atoms with Gasteiger partial charge in [0.25, 0.3) is 0 Å². The van der Waals surface area contributed by atoms with Gasteiger partial charge < -0.3 is 19.6 Å². The summed E-state index contributed by atoms with van der Waals surface area (Å²) in [7, 11) is 0. The Morgan fingerprint density at radius 1 is 1.33 bits per heavy atom. The summed E-state index contributed by atoms with van der Waals surface area (Å²) >= 11 is 0. The highest BCUT2D eigenvalue weighted by atomic mass is 19.1. The van der Waals surface area contributed by atoms with Crippen molar-refractivity contribution in [2.24, 2.45) is 0 Å². The summed E-state index contributed by atoms with van der Waals surface area (Å²) in [6.45, 7) is 7.00. The van der Waals surface area contributed by atoms with E-state index < -0.39 is 23.5 Å². The van der Waals surface area contributed by atoms with Gasteiger partial charge in [-0.2, -0.15) is 0 Å². The van der Waals surface area contributed by atoms with Gasteiger partial charge in [0.1, 0.15) is 17.0 Å². The van der Waals surface area contributed by atoms with Crippen LogP contribution in [0.1, 0.15) is 43.8 Å². The van der Waals surface area contributed by atoms with Gasteiger partial charge in [-0.3, -0.25) is 0 Å². The molecular formula is C17H20FNO5. The molecule has 0 aliphatic heterocycles. The number of amides is 1. The molecule has 0 saturated carbocycles. The van der Waals surface area contributed by atoms with E-state index in [0.717, 1.165) is 0 Å². The summed E-state index contributed by atoms with van der Waals surface area (Å²) in [5.41, 5.74) is 0.153. The highest BCUT2D eigenvalue weighted by Crippen LogP contribution is 2.26. The maximum absolute atomic E-state index is 13.7. The summed E-state index contributed by atoms with van der Waals surface area (Å²) in [6.07, 6.45) is -0.312. The van der Waals surface area contributed by atoms with E-state index in [9.17, 15) is 14.0 Å². The van der Waals surface area contributed by atoms with Crippen LogP contribution in [0, 0.1) is 5.82 Å². The molecule has 6 nitrogen and oxygen atoms in total. The van der Waals surface area contributed by atoms with Crippen LogP contribution in [0.3, 0.4) is 0 Å². The number of carbonyl (C=O) groups is 2. The Bertz CT molecular complexity index is 775. The smallest absolute Gasteiger partial charge is 0.407 e. The number of ether oxygens (including phenoxy) is 1. The summed E-state index contributed by atoms with van der Waals surface area (Å²) < 4.78 is 24.2. The number of alkyl carbamates (subject to hydrolysis) is 1. The van der Waals surface area contributed by atoms with Crippen molar-refractivity contribution in [3.8, 4) is 0 Å². The highest BCUT2D eigenvalue weighted by molar-refractivity contribution is 5.92. The molecule has 1 amide bonds. The molecule has 1 aromatic heterocycles. The van der Waals surface area contributed by atoms with Crippen molar-refractivity contribution in [2.75, 3.05) is 0 Å². The van der Waals surface area contributed by atoms with Gasteiger partial charge in [0, 0.05) is 17.0 Å². The molecule has 2 rings (SSSR count). The van der Waals surface area contributed by atoms with E-state index in [4.69, 9.17) is 14.3 Å². The largest absolute Gasteiger partial charge is 0.475 e. The molecule has 0 aliphatic rings. The standard InChI is InChI=1S/C17H20FNO5/c1-9(19-16(22)24-17(2,3)4)5-10-6-12(18)7-11-8-13(15(20)21)23-14(10)11/h6-9H,5H2,1-4H3,(H,19,22)(H,20,21). The van der Waals surface area contributed by atoms with Gasteiger partial charge >= 0.3 is 12.1 Å². The molecule has 0 aliphatic carbocycles. The first-order valence-corrected chi connectivity index (χ1v) is 7.50. The first kappa shape index (κ1) is 17.8. The number of carboxylic acids is 1. The minimum Gasteiger partial charge on any atom is -0.475 e. The van der Waals surface area contributed by atoms with Crippen LogP contribution in [0.5, 0.6) is 0 Å². The zero-order valence-electron chi connectivity index (χ0n) is 14.0. The van der Waals surface area contributed by atoms with Gasteiger partial charge in [0.15, 0.2) is 0 Å². The van der Waals surface area contributed by atoms with E-state index >= 15 is 0 Å². The Labute approximate surface area is 138 Å². The third-order valence-corrected chi connectivity index (χ3v) is 3.16. The molecule has 1 atom stereocenters. The number of hydrogen-bond donors (Lipinski definition) is 2. The zero-order chi connectivity index (χ0) is 18.1. The quantitative estimate of drug-likeness (QED) is 0.887. The SMILES string of the molecule is CC(Cc1cc(F)cc2cc(C(=O)O)oc12)NC(=O)OC(C)(C)C. The minimum atomic E-state index is -1.22. The lowest BCUT2D eigenvalue weighted by Crippen LogP contribution is -2.38. The molecule has 0 fully saturated rings. The number of fused-ring (bicyclic) bond motifs is 1. The second-order valence-corrected chi connectivity index (χ2v) is 6.65. The second kappa shape index (κ2) is 6.51. The Morgan fingerprint density at radius 2 is 2.00 bits per heavy atom. The van der Waals surface area contributed by atoms with Gasteiger partial charge in [0.05, 0.1) is 0 Å². The van der Waals surface area contributed by atoms with Crippen molar-refractivity contribution in [3.63, 3.8) is 0 Å². The van der Waals surface area contributed by atoms with Crippen molar-refractivity contribution in [1.29, 1.82) is 0 Å². The van der Waals surface area contributed by atoms with Crippen LogP contribution in [0.15, 0.2) is 22.6 Å². The molecule has 1 unspecified atom stereocenters. The van der Waals surface area contributed by atoms with Crippen molar-refractivity contribution in [3.05, 3.63) is 35.3 Å². The number of rotatable bonds is 4. The molecule has 7 heteroatoms. The van der Waals surface area contributed by atoms with Gasteiger partial charge in [-0.15, -0.1) is 0 Å². The molecule has 0 radical (unpaired) electrons. The van der Waals surface area contributed by atoms with E-state index in [2.05, 4.69) is 5.32 Å². The molecule has 2 aromatic rings. The number of halogens is 1. The average molecular weight is 337 g/mol. The Hall–Kier alpha value is -2.57. The molecule has 130 valence electrons. The van der Waals surface area contributed by atoms with Gasteiger partial charge in [0.2, 0.25) is 5.76 Å². The minimum absolute atomic E-state index is 0.260. The summed E-state index contributed by atoms with van der Waals surface area (Å²) in [4.78, 5) is 22.8. The van der Waals surface area contributed by atoms with Crippen molar-refractivity contribution < 1.29 is 28.2 Å².